The Morgan fingerprint density at radius 2 is 1.77 bits per heavy atom. The highest BCUT2D eigenvalue weighted by Crippen LogP contribution is 2.26. The lowest BCUT2D eigenvalue weighted by Gasteiger charge is -2.12. The third kappa shape index (κ3) is 4.67. The molecule has 0 saturated carbocycles. The maximum Gasteiger partial charge on any atom is 0.487 e. The van der Waals surface area contributed by atoms with Crippen molar-refractivity contribution in [1.82, 2.24) is 14.5 Å². The number of carbonyl (C=O) groups excluding carboxylic acids is 1. The molecule has 4 rings (SSSR count). The Morgan fingerprint density at radius 3 is 2.52 bits per heavy atom. The molecule has 7 nitrogen and oxygen atoms in total. The number of amides is 1. The Morgan fingerprint density at radius 1 is 1.03 bits per heavy atom. The van der Waals surface area contributed by atoms with Gasteiger partial charge in [0.2, 0.25) is 0 Å². The first-order valence-electron chi connectivity index (χ1n) is 8.90. The third-order valence-corrected chi connectivity index (χ3v) is 4.33. The number of rotatable bonds is 5. The molecular formula is C21H13ClF2N4O3. The summed E-state index contributed by atoms with van der Waals surface area (Å²) >= 11 is 4.72. The van der Waals surface area contributed by atoms with E-state index in [-0.39, 0.29) is 16.9 Å². The van der Waals surface area contributed by atoms with Crippen LogP contribution in [0, 0.1) is 0 Å². The van der Waals surface area contributed by atoms with Crippen molar-refractivity contribution in [2.24, 2.45) is 0 Å². The number of anilines is 1. The maximum atomic E-state index is 12.7. The maximum absolute atomic E-state index is 12.7. The van der Waals surface area contributed by atoms with Gasteiger partial charge in [-0.1, -0.05) is 6.07 Å². The van der Waals surface area contributed by atoms with Gasteiger partial charge in [0, 0.05) is 41.9 Å². The van der Waals surface area contributed by atoms with Gasteiger partial charge in [-0.2, -0.15) is 0 Å². The van der Waals surface area contributed by atoms with Crippen molar-refractivity contribution >= 4 is 34.2 Å². The van der Waals surface area contributed by atoms with E-state index < -0.39 is 11.5 Å². The molecular weight excluding hydrogens is 430 g/mol. The first-order valence-corrected chi connectivity index (χ1v) is 9.28. The van der Waals surface area contributed by atoms with E-state index in [1.165, 1.54) is 53.4 Å². The number of hydrogen-bond acceptors (Lipinski definition) is 5. The van der Waals surface area contributed by atoms with Crippen LogP contribution in [-0.4, -0.2) is 26.0 Å². The molecule has 0 saturated heterocycles. The largest absolute Gasteiger partial charge is 0.487 e. The van der Waals surface area contributed by atoms with Gasteiger partial charge in [-0.3, -0.25) is 24.1 Å². The molecule has 156 valence electrons. The molecule has 0 unspecified atom stereocenters. The van der Waals surface area contributed by atoms with E-state index in [2.05, 4.69) is 20.0 Å². The lowest BCUT2D eigenvalue weighted by Crippen LogP contribution is -2.21. The van der Waals surface area contributed by atoms with E-state index >= 15 is 0 Å². The lowest BCUT2D eigenvalue weighted by atomic mass is 10.2. The first kappa shape index (κ1) is 20.4. The second kappa shape index (κ2) is 8.11. The minimum absolute atomic E-state index is 0.163. The van der Waals surface area contributed by atoms with Gasteiger partial charge in [-0.15, -0.1) is 8.78 Å². The summed E-state index contributed by atoms with van der Waals surface area (Å²) in [5.41, 5.74) is -2.04. The smallest absolute Gasteiger partial charge is 0.420 e. The molecule has 0 bridgehead atoms. The van der Waals surface area contributed by atoms with Gasteiger partial charge in [0.1, 0.15) is 11.3 Å². The fourth-order valence-electron chi connectivity index (χ4n) is 2.92. The Labute approximate surface area is 178 Å². The SMILES string of the molecule is O=C(Nc1ccc(OC(F)(F)Cl)cc1)c1ccc(=O)n(-c2cccc3nccnc23)c1. The van der Waals surface area contributed by atoms with Gasteiger partial charge >= 0.3 is 5.57 Å². The van der Waals surface area contributed by atoms with Crippen LogP contribution in [0.25, 0.3) is 16.7 Å². The monoisotopic (exact) mass is 442 g/mol. The van der Waals surface area contributed by atoms with Crippen molar-refractivity contribution in [1.29, 1.82) is 0 Å². The first-order chi connectivity index (χ1) is 14.8. The summed E-state index contributed by atoms with van der Waals surface area (Å²) in [5, 5.41) is 2.63. The average Bonchev–Trinajstić information content (AvgIpc) is 2.74. The van der Waals surface area contributed by atoms with Crippen LogP contribution in [0.15, 0.2) is 78.0 Å². The minimum atomic E-state index is -3.83. The van der Waals surface area contributed by atoms with Crippen molar-refractivity contribution in [3.8, 4) is 11.4 Å². The molecule has 0 radical (unpaired) electrons. The quantitative estimate of drug-likeness (QED) is 0.468. The predicted octanol–water partition coefficient (Wildman–Crippen LogP) is 4.20. The fraction of sp³-hybridized carbons (Fsp3) is 0.0476. The number of carbonyl (C=O) groups is 1. The minimum Gasteiger partial charge on any atom is -0.420 e. The van der Waals surface area contributed by atoms with Crippen LogP contribution in [0.4, 0.5) is 14.5 Å². The summed E-state index contributed by atoms with van der Waals surface area (Å²) in [7, 11) is 0. The Balaban J connectivity index is 1.61. The van der Waals surface area contributed by atoms with Crippen LogP contribution in [-0.2, 0) is 0 Å². The van der Waals surface area contributed by atoms with Gasteiger partial charge in [0.25, 0.3) is 11.5 Å². The molecule has 2 aromatic carbocycles. The summed E-state index contributed by atoms with van der Waals surface area (Å²) in [6, 6.07) is 13.1. The Kier molecular flexibility index (Phi) is 5.35. The summed E-state index contributed by atoms with van der Waals surface area (Å²) < 4.78 is 30.9. The molecule has 1 N–H and O–H groups in total. The van der Waals surface area contributed by atoms with Crippen LogP contribution in [0.1, 0.15) is 10.4 Å². The molecule has 0 fully saturated rings. The van der Waals surface area contributed by atoms with E-state index in [0.29, 0.717) is 22.4 Å². The molecule has 0 aliphatic rings. The molecule has 0 aliphatic heterocycles. The third-order valence-electron chi connectivity index (χ3n) is 4.26. The summed E-state index contributed by atoms with van der Waals surface area (Å²) in [4.78, 5) is 33.6. The molecule has 2 aromatic heterocycles. The fourth-order valence-corrected chi connectivity index (χ4v) is 3.01. The number of benzene rings is 2. The zero-order valence-corrected chi connectivity index (χ0v) is 16.4. The molecule has 2 heterocycles. The van der Waals surface area contributed by atoms with Gasteiger partial charge in [-0.05, 0) is 42.5 Å². The number of fused-ring (bicyclic) bond motifs is 1. The summed E-state index contributed by atoms with van der Waals surface area (Å²) in [5.74, 6) is -0.667. The number of hydrogen-bond donors (Lipinski definition) is 1. The molecule has 0 atom stereocenters. The number of nitrogens with zero attached hydrogens (tertiary/aromatic N) is 3. The van der Waals surface area contributed by atoms with Gasteiger partial charge in [0.15, 0.2) is 0 Å². The number of halogens is 3. The van der Waals surface area contributed by atoms with Gasteiger partial charge < -0.3 is 10.1 Å². The number of pyridine rings is 1. The highest BCUT2D eigenvalue weighted by Gasteiger charge is 2.27. The second-order valence-electron chi connectivity index (χ2n) is 6.35. The van der Waals surface area contributed by atoms with E-state index in [9.17, 15) is 18.4 Å². The van der Waals surface area contributed by atoms with Gasteiger partial charge in [-0.25, -0.2) is 0 Å². The number of ether oxygens (including phenoxy) is 1. The lowest BCUT2D eigenvalue weighted by molar-refractivity contribution is -0.0964. The van der Waals surface area contributed by atoms with Crippen LogP contribution >= 0.6 is 11.6 Å². The average molecular weight is 443 g/mol. The van der Waals surface area contributed by atoms with Crippen LogP contribution in [0.3, 0.4) is 0 Å². The second-order valence-corrected chi connectivity index (χ2v) is 6.79. The van der Waals surface area contributed by atoms with Crippen molar-refractivity contribution in [3.63, 3.8) is 0 Å². The van der Waals surface area contributed by atoms with Crippen LogP contribution < -0.4 is 15.6 Å². The Hall–Kier alpha value is -3.85. The van der Waals surface area contributed by atoms with E-state index in [1.54, 1.807) is 24.4 Å². The predicted molar refractivity (Wildman–Crippen MR) is 111 cm³/mol. The number of aromatic nitrogens is 3. The van der Waals surface area contributed by atoms with Crippen LogP contribution in [0.5, 0.6) is 5.75 Å². The zero-order valence-electron chi connectivity index (χ0n) is 15.6. The van der Waals surface area contributed by atoms with Gasteiger partial charge in [0.05, 0.1) is 16.8 Å². The van der Waals surface area contributed by atoms with Crippen molar-refractivity contribution < 1.29 is 18.3 Å². The zero-order chi connectivity index (χ0) is 22.0. The summed E-state index contributed by atoms with van der Waals surface area (Å²) in [6.45, 7) is 0. The highest BCUT2D eigenvalue weighted by atomic mass is 35.5. The van der Waals surface area contributed by atoms with Crippen molar-refractivity contribution in [3.05, 3.63) is 89.1 Å². The molecule has 0 spiro atoms. The van der Waals surface area contributed by atoms with E-state index in [4.69, 9.17) is 11.6 Å². The molecule has 10 heteroatoms. The standard InChI is InChI=1S/C21H13ClF2N4O3/c22-21(23,24)31-15-7-5-14(6-8-15)27-20(30)13-4-9-18(29)28(12-13)17-3-1-2-16-19(17)26-11-10-25-16/h1-12H,(H,27,30). The van der Waals surface area contributed by atoms with Crippen LogP contribution in [0.2, 0.25) is 0 Å². The molecule has 31 heavy (non-hydrogen) atoms. The highest BCUT2D eigenvalue weighted by molar-refractivity contribution is 6.20. The molecule has 1 amide bonds. The molecule has 4 aromatic rings. The Bertz CT molecular complexity index is 1320. The number of alkyl halides is 3. The normalized spacial score (nSPS) is 11.3. The number of para-hydroxylation sites is 1. The van der Waals surface area contributed by atoms with Crippen molar-refractivity contribution in [2.75, 3.05) is 5.32 Å². The van der Waals surface area contributed by atoms with E-state index in [1.807, 2.05) is 0 Å². The number of nitrogens with one attached hydrogen (secondary N) is 1. The topological polar surface area (TPSA) is 86.1 Å². The van der Waals surface area contributed by atoms with Crippen molar-refractivity contribution in [2.45, 2.75) is 5.57 Å². The van der Waals surface area contributed by atoms with E-state index in [0.717, 1.165) is 0 Å². The summed E-state index contributed by atoms with van der Waals surface area (Å²) in [6.07, 6.45) is 4.46. The molecule has 0 aliphatic carbocycles.